The van der Waals surface area contributed by atoms with Crippen LogP contribution in [0.25, 0.3) is 0 Å². The van der Waals surface area contributed by atoms with Gasteiger partial charge in [-0.25, -0.2) is 0 Å². The molecule has 0 aromatic carbocycles. The molecular formula is C18H36N2O. The van der Waals surface area contributed by atoms with Gasteiger partial charge in [-0.2, -0.15) is 0 Å². The SMILES string of the molecule is CC(C)CCN(CCC(C)C)C(=O)CC1(N)CCCCC1. The average Bonchev–Trinajstić information content (AvgIpc) is 2.38. The zero-order valence-electron chi connectivity index (χ0n) is 14.7. The van der Waals surface area contributed by atoms with Crippen LogP contribution in [-0.4, -0.2) is 29.4 Å². The van der Waals surface area contributed by atoms with Crippen LogP contribution in [0, 0.1) is 11.8 Å². The van der Waals surface area contributed by atoms with Crippen LogP contribution in [0.1, 0.15) is 79.1 Å². The molecule has 3 heteroatoms. The van der Waals surface area contributed by atoms with E-state index >= 15 is 0 Å². The first-order valence-electron chi connectivity index (χ1n) is 8.89. The quantitative estimate of drug-likeness (QED) is 0.737. The number of nitrogens with two attached hydrogens (primary N) is 1. The third kappa shape index (κ3) is 7.30. The maximum absolute atomic E-state index is 12.7. The Balaban J connectivity index is 2.55. The molecule has 0 bridgehead atoms. The molecule has 1 amide bonds. The van der Waals surface area contributed by atoms with E-state index in [1.165, 1.54) is 19.3 Å². The van der Waals surface area contributed by atoms with Crippen molar-refractivity contribution >= 4 is 5.91 Å². The van der Waals surface area contributed by atoms with Gasteiger partial charge in [-0.1, -0.05) is 47.0 Å². The van der Waals surface area contributed by atoms with E-state index in [0.717, 1.165) is 38.8 Å². The summed E-state index contributed by atoms with van der Waals surface area (Å²) in [7, 11) is 0. The molecule has 0 radical (unpaired) electrons. The Morgan fingerprint density at radius 1 is 1.00 bits per heavy atom. The first kappa shape index (κ1) is 18.5. The van der Waals surface area contributed by atoms with Crippen LogP contribution in [0.5, 0.6) is 0 Å². The maximum Gasteiger partial charge on any atom is 0.224 e. The van der Waals surface area contributed by atoms with Crippen molar-refractivity contribution in [3.05, 3.63) is 0 Å². The fourth-order valence-electron chi connectivity index (χ4n) is 3.03. The summed E-state index contributed by atoms with van der Waals surface area (Å²) < 4.78 is 0. The highest BCUT2D eigenvalue weighted by atomic mass is 16.2. The van der Waals surface area contributed by atoms with Gasteiger partial charge in [0.1, 0.15) is 0 Å². The summed E-state index contributed by atoms with van der Waals surface area (Å²) in [4.78, 5) is 14.8. The molecule has 0 aromatic heterocycles. The minimum atomic E-state index is -0.233. The Labute approximate surface area is 131 Å². The predicted molar refractivity (Wildman–Crippen MR) is 90.1 cm³/mol. The van der Waals surface area contributed by atoms with E-state index in [4.69, 9.17) is 5.73 Å². The topological polar surface area (TPSA) is 46.3 Å². The third-order valence-electron chi connectivity index (χ3n) is 4.66. The first-order valence-corrected chi connectivity index (χ1v) is 8.89. The lowest BCUT2D eigenvalue weighted by Gasteiger charge is -2.35. The molecule has 0 aliphatic heterocycles. The Bertz CT molecular complexity index is 294. The molecule has 124 valence electrons. The molecule has 0 aromatic rings. The van der Waals surface area contributed by atoms with Gasteiger partial charge in [-0.05, 0) is 37.5 Å². The number of carbonyl (C=O) groups excluding carboxylic acids is 1. The number of hydrogen-bond acceptors (Lipinski definition) is 2. The van der Waals surface area contributed by atoms with Crippen LogP contribution in [0.2, 0.25) is 0 Å². The van der Waals surface area contributed by atoms with Crippen molar-refractivity contribution < 1.29 is 4.79 Å². The highest BCUT2D eigenvalue weighted by Crippen LogP contribution is 2.29. The summed E-state index contributed by atoms with van der Waals surface area (Å²) in [5.41, 5.74) is 6.23. The number of rotatable bonds is 8. The van der Waals surface area contributed by atoms with Gasteiger partial charge in [0.05, 0.1) is 0 Å². The van der Waals surface area contributed by atoms with Gasteiger partial charge < -0.3 is 10.6 Å². The van der Waals surface area contributed by atoms with Gasteiger partial charge in [0, 0.05) is 25.0 Å². The standard InChI is InChI=1S/C18H36N2O/c1-15(2)8-12-20(13-9-16(3)4)17(21)14-18(19)10-6-5-7-11-18/h15-16H,5-14,19H2,1-4H3. The molecule has 1 fully saturated rings. The summed E-state index contributed by atoms with van der Waals surface area (Å²) in [6.07, 6.45) is 8.38. The van der Waals surface area contributed by atoms with E-state index < -0.39 is 0 Å². The summed E-state index contributed by atoms with van der Waals surface area (Å²) in [5, 5.41) is 0. The van der Waals surface area contributed by atoms with E-state index in [1.54, 1.807) is 0 Å². The van der Waals surface area contributed by atoms with Gasteiger partial charge in [0.25, 0.3) is 0 Å². The highest BCUT2D eigenvalue weighted by Gasteiger charge is 2.31. The van der Waals surface area contributed by atoms with E-state index in [1.807, 2.05) is 0 Å². The van der Waals surface area contributed by atoms with E-state index in [2.05, 4.69) is 32.6 Å². The Morgan fingerprint density at radius 3 is 1.90 bits per heavy atom. The normalized spacial score (nSPS) is 18.2. The van der Waals surface area contributed by atoms with E-state index in [9.17, 15) is 4.79 Å². The van der Waals surface area contributed by atoms with Crippen molar-refractivity contribution in [2.75, 3.05) is 13.1 Å². The zero-order valence-corrected chi connectivity index (χ0v) is 14.7. The van der Waals surface area contributed by atoms with Gasteiger partial charge in [0.15, 0.2) is 0 Å². The third-order valence-corrected chi connectivity index (χ3v) is 4.66. The molecule has 0 heterocycles. The Hall–Kier alpha value is -0.570. The van der Waals surface area contributed by atoms with Crippen molar-refractivity contribution in [3.8, 4) is 0 Å². The van der Waals surface area contributed by atoms with Crippen LogP contribution < -0.4 is 5.73 Å². The smallest absolute Gasteiger partial charge is 0.224 e. The lowest BCUT2D eigenvalue weighted by atomic mass is 9.80. The van der Waals surface area contributed by atoms with Crippen molar-refractivity contribution in [1.29, 1.82) is 0 Å². The van der Waals surface area contributed by atoms with Crippen LogP contribution in [-0.2, 0) is 4.79 Å². The summed E-state index contributed by atoms with van der Waals surface area (Å²) in [6, 6.07) is 0. The second-order valence-electron chi connectivity index (χ2n) is 7.85. The number of hydrogen-bond donors (Lipinski definition) is 1. The molecule has 0 unspecified atom stereocenters. The van der Waals surface area contributed by atoms with Crippen LogP contribution in [0.15, 0.2) is 0 Å². The molecule has 1 saturated carbocycles. The van der Waals surface area contributed by atoms with Gasteiger partial charge in [-0.15, -0.1) is 0 Å². The number of nitrogens with zero attached hydrogens (tertiary/aromatic N) is 1. The maximum atomic E-state index is 12.7. The van der Waals surface area contributed by atoms with E-state index in [0.29, 0.717) is 18.3 Å². The molecule has 0 saturated heterocycles. The molecular weight excluding hydrogens is 260 g/mol. The van der Waals surface area contributed by atoms with Gasteiger partial charge in [-0.3, -0.25) is 4.79 Å². The Kier molecular flexibility index (Phi) is 7.72. The molecule has 0 atom stereocenters. The van der Waals surface area contributed by atoms with Crippen LogP contribution in [0.4, 0.5) is 0 Å². The van der Waals surface area contributed by atoms with Gasteiger partial charge >= 0.3 is 0 Å². The monoisotopic (exact) mass is 296 g/mol. The first-order chi connectivity index (χ1) is 9.82. The van der Waals surface area contributed by atoms with Crippen molar-refractivity contribution in [2.24, 2.45) is 17.6 Å². The predicted octanol–water partition coefficient (Wildman–Crippen LogP) is 3.96. The molecule has 1 aliphatic carbocycles. The largest absolute Gasteiger partial charge is 0.343 e. The van der Waals surface area contributed by atoms with Crippen molar-refractivity contribution in [1.82, 2.24) is 4.90 Å². The lowest BCUT2D eigenvalue weighted by Crippen LogP contribution is -2.47. The highest BCUT2D eigenvalue weighted by molar-refractivity contribution is 5.77. The molecule has 2 N–H and O–H groups in total. The van der Waals surface area contributed by atoms with Crippen LogP contribution in [0.3, 0.4) is 0 Å². The molecule has 21 heavy (non-hydrogen) atoms. The average molecular weight is 296 g/mol. The fourth-order valence-corrected chi connectivity index (χ4v) is 3.03. The van der Waals surface area contributed by atoms with Crippen molar-refractivity contribution in [2.45, 2.75) is 84.6 Å². The molecule has 1 aliphatic rings. The molecule has 0 spiro atoms. The summed E-state index contributed by atoms with van der Waals surface area (Å²) in [5.74, 6) is 1.56. The summed E-state index contributed by atoms with van der Waals surface area (Å²) in [6.45, 7) is 10.7. The number of carbonyl (C=O) groups is 1. The number of amides is 1. The summed E-state index contributed by atoms with van der Waals surface area (Å²) >= 11 is 0. The minimum Gasteiger partial charge on any atom is -0.343 e. The zero-order chi connectivity index (χ0) is 15.9. The second-order valence-corrected chi connectivity index (χ2v) is 7.85. The Morgan fingerprint density at radius 2 is 1.48 bits per heavy atom. The minimum absolute atomic E-state index is 0.233. The van der Waals surface area contributed by atoms with Crippen molar-refractivity contribution in [3.63, 3.8) is 0 Å². The molecule has 3 nitrogen and oxygen atoms in total. The molecule has 1 rings (SSSR count). The second kappa shape index (κ2) is 8.77. The lowest BCUT2D eigenvalue weighted by molar-refractivity contribution is -0.133. The van der Waals surface area contributed by atoms with Crippen LogP contribution >= 0.6 is 0 Å². The van der Waals surface area contributed by atoms with Gasteiger partial charge in [0.2, 0.25) is 5.91 Å². The van der Waals surface area contributed by atoms with E-state index in [-0.39, 0.29) is 11.4 Å². The fraction of sp³-hybridized carbons (Fsp3) is 0.944.